The second-order valence-electron chi connectivity index (χ2n) is 7.00. The molecule has 0 aromatic heterocycles. The van der Waals surface area contributed by atoms with Gasteiger partial charge < -0.3 is 15.0 Å². The maximum Gasteiger partial charge on any atom is 0.127 e. The SMILES string of the molecule is c1ccc(CCCN(c2ccc(Oc3ccccc3)cc2)C2CNC2)cc1. The van der Waals surface area contributed by atoms with Crippen LogP contribution in [0.2, 0.25) is 0 Å². The number of hydrogen-bond donors (Lipinski definition) is 1. The number of nitrogens with one attached hydrogen (secondary N) is 1. The molecule has 4 rings (SSSR count). The van der Waals surface area contributed by atoms with Gasteiger partial charge in [0.05, 0.1) is 6.04 Å². The fourth-order valence-electron chi connectivity index (χ4n) is 3.44. The second-order valence-corrected chi connectivity index (χ2v) is 7.00. The van der Waals surface area contributed by atoms with E-state index in [1.54, 1.807) is 0 Å². The van der Waals surface area contributed by atoms with E-state index in [9.17, 15) is 0 Å². The lowest BCUT2D eigenvalue weighted by Gasteiger charge is -2.40. The number of aryl methyl sites for hydroxylation is 1. The van der Waals surface area contributed by atoms with Gasteiger partial charge in [0.1, 0.15) is 11.5 Å². The molecule has 3 aromatic rings. The molecule has 3 aromatic carbocycles. The van der Waals surface area contributed by atoms with Crippen LogP contribution in [0.25, 0.3) is 0 Å². The van der Waals surface area contributed by atoms with Gasteiger partial charge in [0, 0.05) is 25.3 Å². The van der Waals surface area contributed by atoms with Crippen molar-refractivity contribution in [3.63, 3.8) is 0 Å². The third-order valence-corrected chi connectivity index (χ3v) is 5.06. The van der Waals surface area contributed by atoms with Gasteiger partial charge in [0.25, 0.3) is 0 Å². The van der Waals surface area contributed by atoms with E-state index in [2.05, 4.69) is 64.8 Å². The highest BCUT2D eigenvalue weighted by Crippen LogP contribution is 2.26. The Hall–Kier alpha value is -2.78. The molecular formula is C24H26N2O. The minimum Gasteiger partial charge on any atom is -0.457 e. The number of anilines is 1. The summed E-state index contributed by atoms with van der Waals surface area (Å²) < 4.78 is 5.92. The number of rotatable bonds is 8. The lowest BCUT2D eigenvalue weighted by molar-refractivity contribution is 0.410. The smallest absolute Gasteiger partial charge is 0.127 e. The summed E-state index contributed by atoms with van der Waals surface area (Å²) in [7, 11) is 0. The van der Waals surface area contributed by atoms with E-state index < -0.39 is 0 Å². The van der Waals surface area contributed by atoms with Crippen molar-refractivity contribution in [3.05, 3.63) is 90.5 Å². The number of hydrogen-bond acceptors (Lipinski definition) is 3. The van der Waals surface area contributed by atoms with Crippen molar-refractivity contribution in [1.29, 1.82) is 0 Å². The molecule has 0 bridgehead atoms. The molecule has 0 spiro atoms. The first-order valence-corrected chi connectivity index (χ1v) is 9.73. The predicted molar refractivity (Wildman–Crippen MR) is 112 cm³/mol. The molecule has 27 heavy (non-hydrogen) atoms. The Morgan fingerprint density at radius 2 is 1.41 bits per heavy atom. The Morgan fingerprint density at radius 3 is 2.04 bits per heavy atom. The largest absolute Gasteiger partial charge is 0.457 e. The zero-order chi connectivity index (χ0) is 18.3. The Morgan fingerprint density at radius 1 is 0.778 bits per heavy atom. The summed E-state index contributed by atoms with van der Waals surface area (Å²) in [5, 5.41) is 3.40. The van der Waals surface area contributed by atoms with E-state index in [1.807, 2.05) is 30.3 Å². The van der Waals surface area contributed by atoms with E-state index in [-0.39, 0.29) is 0 Å². The molecule has 1 aliphatic rings. The Labute approximate surface area is 161 Å². The summed E-state index contributed by atoms with van der Waals surface area (Å²) in [4.78, 5) is 2.53. The molecule has 138 valence electrons. The summed E-state index contributed by atoms with van der Waals surface area (Å²) in [6.45, 7) is 3.20. The van der Waals surface area contributed by atoms with Crippen LogP contribution in [0.3, 0.4) is 0 Å². The van der Waals surface area contributed by atoms with E-state index in [1.165, 1.54) is 11.3 Å². The monoisotopic (exact) mass is 358 g/mol. The van der Waals surface area contributed by atoms with Crippen molar-refractivity contribution in [2.45, 2.75) is 18.9 Å². The average molecular weight is 358 g/mol. The highest BCUT2D eigenvalue weighted by molar-refractivity contribution is 5.51. The van der Waals surface area contributed by atoms with Gasteiger partial charge in [-0.1, -0.05) is 48.5 Å². The lowest BCUT2D eigenvalue weighted by atomic mass is 10.1. The maximum atomic E-state index is 5.92. The van der Waals surface area contributed by atoms with Gasteiger partial charge in [-0.15, -0.1) is 0 Å². The van der Waals surface area contributed by atoms with Crippen LogP contribution in [0.1, 0.15) is 12.0 Å². The van der Waals surface area contributed by atoms with Crippen molar-refractivity contribution >= 4 is 5.69 Å². The fourth-order valence-corrected chi connectivity index (χ4v) is 3.44. The molecule has 0 radical (unpaired) electrons. The Bertz CT molecular complexity index is 814. The first kappa shape index (κ1) is 17.6. The molecule has 0 saturated carbocycles. The van der Waals surface area contributed by atoms with E-state index >= 15 is 0 Å². The molecule has 0 unspecified atom stereocenters. The highest BCUT2D eigenvalue weighted by atomic mass is 16.5. The van der Waals surface area contributed by atoms with Gasteiger partial charge in [-0.2, -0.15) is 0 Å². The van der Waals surface area contributed by atoms with E-state index in [0.717, 1.165) is 44.0 Å². The normalized spacial score (nSPS) is 13.8. The predicted octanol–water partition coefficient (Wildman–Crippen LogP) is 4.89. The minimum atomic E-state index is 0.585. The lowest BCUT2D eigenvalue weighted by Crippen LogP contribution is -2.57. The van der Waals surface area contributed by atoms with Crippen molar-refractivity contribution in [2.24, 2.45) is 0 Å². The van der Waals surface area contributed by atoms with Crippen molar-refractivity contribution < 1.29 is 4.74 Å². The minimum absolute atomic E-state index is 0.585. The van der Waals surface area contributed by atoms with Crippen LogP contribution in [0.15, 0.2) is 84.9 Å². The molecular weight excluding hydrogens is 332 g/mol. The van der Waals surface area contributed by atoms with Crippen LogP contribution in [0.5, 0.6) is 11.5 Å². The van der Waals surface area contributed by atoms with Crippen LogP contribution < -0.4 is 15.0 Å². The number of nitrogens with zero attached hydrogens (tertiary/aromatic N) is 1. The molecule has 3 nitrogen and oxygen atoms in total. The molecule has 1 aliphatic heterocycles. The van der Waals surface area contributed by atoms with Gasteiger partial charge >= 0.3 is 0 Å². The number of benzene rings is 3. The summed E-state index contributed by atoms with van der Waals surface area (Å²) in [5.41, 5.74) is 2.69. The summed E-state index contributed by atoms with van der Waals surface area (Å²) in [6, 6.07) is 29.7. The first-order chi connectivity index (χ1) is 13.4. The van der Waals surface area contributed by atoms with Gasteiger partial charge in [-0.05, 0) is 54.8 Å². The summed E-state index contributed by atoms with van der Waals surface area (Å²) >= 11 is 0. The van der Waals surface area contributed by atoms with E-state index in [4.69, 9.17) is 4.74 Å². The molecule has 1 saturated heterocycles. The topological polar surface area (TPSA) is 24.5 Å². The van der Waals surface area contributed by atoms with Crippen LogP contribution in [-0.4, -0.2) is 25.7 Å². The molecule has 1 fully saturated rings. The zero-order valence-corrected chi connectivity index (χ0v) is 15.6. The fraction of sp³-hybridized carbons (Fsp3) is 0.250. The molecule has 0 aliphatic carbocycles. The van der Waals surface area contributed by atoms with Crippen molar-refractivity contribution in [2.75, 3.05) is 24.5 Å². The second kappa shape index (κ2) is 8.74. The summed E-state index contributed by atoms with van der Waals surface area (Å²) in [6.07, 6.45) is 2.27. The Kier molecular flexibility index (Phi) is 5.70. The Balaban J connectivity index is 1.39. The molecule has 0 amide bonds. The quantitative estimate of drug-likeness (QED) is 0.620. The van der Waals surface area contributed by atoms with Crippen LogP contribution >= 0.6 is 0 Å². The standard InChI is InChI=1S/C24H26N2O/c1-3-8-20(9-4-1)10-7-17-26(22-18-25-19-22)21-13-15-24(16-14-21)27-23-11-5-2-6-12-23/h1-6,8-9,11-16,22,25H,7,10,17-19H2. The van der Waals surface area contributed by atoms with Crippen LogP contribution in [-0.2, 0) is 6.42 Å². The molecule has 3 heteroatoms. The summed E-state index contributed by atoms with van der Waals surface area (Å²) in [5.74, 6) is 1.74. The van der Waals surface area contributed by atoms with Gasteiger partial charge in [-0.3, -0.25) is 0 Å². The third kappa shape index (κ3) is 4.69. The molecule has 0 atom stereocenters. The molecule has 1 heterocycles. The first-order valence-electron chi connectivity index (χ1n) is 9.73. The van der Waals surface area contributed by atoms with Crippen LogP contribution in [0, 0.1) is 0 Å². The zero-order valence-electron chi connectivity index (χ0n) is 15.6. The van der Waals surface area contributed by atoms with Crippen LogP contribution in [0.4, 0.5) is 5.69 Å². The third-order valence-electron chi connectivity index (χ3n) is 5.06. The van der Waals surface area contributed by atoms with Gasteiger partial charge in [0.15, 0.2) is 0 Å². The van der Waals surface area contributed by atoms with Gasteiger partial charge in [-0.25, -0.2) is 0 Å². The van der Waals surface area contributed by atoms with Crippen molar-refractivity contribution in [1.82, 2.24) is 5.32 Å². The maximum absolute atomic E-state index is 5.92. The highest BCUT2D eigenvalue weighted by Gasteiger charge is 2.24. The number of ether oxygens (including phenoxy) is 1. The average Bonchev–Trinajstić information content (AvgIpc) is 2.68. The number of para-hydroxylation sites is 1. The molecule has 1 N–H and O–H groups in total. The van der Waals surface area contributed by atoms with E-state index in [0.29, 0.717) is 6.04 Å². The van der Waals surface area contributed by atoms with Crippen molar-refractivity contribution in [3.8, 4) is 11.5 Å². The van der Waals surface area contributed by atoms with Gasteiger partial charge in [0.2, 0.25) is 0 Å².